The van der Waals surface area contributed by atoms with Crippen LogP contribution < -0.4 is 9.47 Å². The first-order valence-electron chi connectivity index (χ1n) is 27.0. The molecular weight excluding hydrogens is 905 g/mol. The van der Waals surface area contributed by atoms with Gasteiger partial charge in [0.05, 0.1) is 28.3 Å². The molecule has 0 radical (unpaired) electrons. The first-order chi connectivity index (χ1) is 35.4. The van der Waals surface area contributed by atoms with Crippen molar-refractivity contribution in [3.63, 3.8) is 0 Å². The summed E-state index contributed by atoms with van der Waals surface area (Å²) in [5.74, 6) is -2.85. The minimum absolute atomic E-state index is 0.0759. The number of hydrogen-bond acceptors (Lipinski definition) is 13. The SMILES string of the molecule is [2H]CC(C)(C)C(=O)OC[C@H]1OC(Oc2nn(CCCOCc3ccccc3)c(C(C)C)c2Cc2ccc(OCc3ccccc3)cc2C)[C@H](OC(=O)C(C)(C)C[2H])[C@@H](OC(=O)C(C)(C)C[2H])[C@@H]1OC(=O)C(C)(C)C[2H]. The van der Waals surface area contributed by atoms with Gasteiger partial charge in [0.15, 0.2) is 12.2 Å². The number of hydrogen-bond donors (Lipinski definition) is 0. The lowest BCUT2D eigenvalue weighted by atomic mass is 9.93. The normalized spacial score (nSPS) is 19.4. The maximum atomic E-state index is 14.2. The van der Waals surface area contributed by atoms with Gasteiger partial charge in [-0.15, -0.1) is 5.10 Å². The number of carbonyl (C=O) groups excluding carboxylic acids is 4. The van der Waals surface area contributed by atoms with Crippen LogP contribution in [-0.4, -0.2) is 77.6 Å². The standard InChI is InChI=1S/C57H78N2O12/c1-36(2)44-42(32-40-27-28-41(31-37(40)3)65-34-39-25-20-17-21-26-39)48(58-59(44)29-22-30-64-33-38-23-18-16-19-24-38)71-49-47(70-53(63)57(13,14)15)46(69-52(62)56(10,11)12)45(68-51(61)55(7,8)9)43(67-49)35-66-50(60)54(4,5)6/h16-21,23-28,31,36,43,45-47,49H,22,29-30,32-35H2,1-15H3/t43-,45-,46+,47-,49?/m1/s1/i4D,7D,10D,13D. The summed E-state index contributed by atoms with van der Waals surface area (Å²) >= 11 is 0. The molecule has 0 N–H and O–H groups in total. The van der Waals surface area contributed by atoms with Gasteiger partial charge in [-0.2, -0.15) is 0 Å². The predicted molar refractivity (Wildman–Crippen MR) is 269 cm³/mol. The molecule has 1 unspecified atom stereocenters. The molecule has 4 aromatic rings. The number of benzene rings is 3. The van der Waals surface area contributed by atoms with Crippen LogP contribution in [0.2, 0.25) is 0 Å². The topological polar surface area (TPSA) is 160 Å². The molecule has 14 heteroatoms. The number of carbonyl (C=O) groups is 4. The van der Waals surface area contributed by atoms with Crippen LogP contribution in [-0.2, 0) is 73.8 Å². The van der Waals surface area contributed by atoms with Crippen molar-refractivity contribution in [2.45, 2.75) is 173 Å². The Balaban J connectivity index is 1.67. The van der Waals surface area contributed by atoms with E-state index in [1.807, 2.05) is 104 Å². The molecule has 388 valence electrons. The average Bonchev–Trinajstić information content (AvgIpc) is 3.73. The molecule has 2 heterocycles. The third kappa shape index (κ3) is 15.9. The molecule has 3 aromatic carbocycles. The second kappa shape index (κ2) is 23.7. The lowest BCUT2D eigenvalue weighted by Gasteiger charge is -2.45. The van der Waals surface area contributed by atoms with Gasteiger partial charge in [-0.25, -0.2) is 0 Å². The molecule has 14 nitrogen and oxygen atoms in total. The van der Waals surface area contributed by atoms with E-state index < -0.39 is 104 Å². The predicted octanol–water partition coefficient (Wildman–Crippen LogP) is 10.7. The van der Waals surface area contributed by atoms with Crippen LogP contribution in [0, 0.1) is 28.6 Å². The van der Waals surface area contributed by atoms with Crippen molar-refractivity contribution in [1.82, 2.24) is 9.78 Å². The molecule has 0 amide bonds. The highest BCUT2D eigenvalue weighted by atomic mass is 16.7. The Morgan fingerprint density at radius 3 is 1.79 bits per heavy atom. The Morgan fingerprint density at radius 2 is 1.24 bits per heavy atom. The summed E-state index contributed by atoms with van der Waals surface area (Å²) in [6, 6.07) is 25.5. The number of ether oxygens (including phenoxy) is 8. The molecule has 5 rings (SSSR count). The molecule has 0 aliphatic carbocycles. The van der Waals surface area contributed by atoms with E-state index in [9.17, 15) is 19.2 Å². The second-order valence-electron chi connectivity index (χ2n) is 21.4. The van der Waals surface area contributed by atoms with Crippen LogP contribution in [0.3, 0.4) is 0 Å². The summed E-state index contributed by atoms with van der Waals surface area (Å²) in [6.07, 6.45) is -7.49. The Labute approximate surface area is 427 Å². The van der Waals surface area contributed by atoms with E-state index >= 15 is 0 Å². The van der Waals surface area contributed by atoms with Gasteiger partial charge in [0.25, 0.3) is 0 Å². The van der Waals surface area contributed by atoms with Gasteiger partial charge in [-0.05, 0) is 137 Å². The van der Waals surface area contributed by atoms with Crippen LogP contribution in [0.5, 0.6) is 11.6 Å². The van der Waals surface area contributed by atoms with Crippen molar-refractivity contribution in [1.29, 1.82) is 0 Å². The van der Waals surface area contributed by atoms with Crippen LogP contribution in [0.1, 0.15) is 148 Å². The number of esters is 4. The Kier molecular flexibility index (Phi) is 16.7. The quantitative estimate of drug-likeness (QED) is 0.0497. The van der Waals surface area contributed by atoms with Crippen molar-refractivity contribution >= 4 is 23.9 Å². The zero-order valence-electron chi connectivity index (χ0n) is 47.5. The fourth-order valence-electron chi connectivity index (χ4n) is 7.36. The van der Waals surface area contributed by atoms with Crippen molar-refractivity contribution < 1.29 is 62.6 Å². The number of nitrogens with zero attached hydrogens (tertiary/aromatic N) is 2. The molecule has 1 aliphatic rings. The van der Waals surface area contributed by atoms with E-state index in [4.69, 9.17) is 48.5 Å². The van der Waals surface area contributed by atoms with E-state index in [0.717, 1.165) is 27.9 Å². The van der Waals surface area contributed by atoms with Crippen LogP contribution in [0.25, 0.3) is 0 Å². The molecule has 1 aromatic heterocycles. The maximum Gasteiger partial charge on any atom is 0.311 e. The van der Waals surface area contributed by atoms with Crippen molar-refractivity contribution in [3.05, 3.63) is 112 Å². The summed E-state index contributed by atoms with van der Waals surface area (Å²) in [6.45, 7) is 17.6. The highest BCUT2D eigenvalue weighted by molar-refractivity contribution is 5.78. The average molecular weight is 987 g/mol. The lowest BCUT2D eigenvalue weighted by Crippen LogP contribution is -2.65. The van der Waals surface area contributed by atoms with E-state index in [1.165, 1.54) is 55.4 Å². The summed E-state index contributed by atoms with van der Waals surface area (Å²) in [5, 5.41) is 5.08. The van der Waals surface area contributed by atoms with Gasteiger partial charge >= 0.3 is 23.9 Å². The lowest BCUT2D eigenvalue weighted by molar-refractivity contribution is -0.294. The first kappa shape index (κ1) is 50.2. The highest BCUT2D eigenvalue weighted by Crippen LogP contribution is 2.38. The van der Waals surface area contributed by atoms with E-state index in [0.29, 0.717) is 50.5 Å². The smallest absolute Gasteiger partial charge is 0.311 e. The Morgan fingerprint density at radius 1 is 0.704 bits per heavy atom. The Bertz CT molecular complexity index is 2520. The molecule has 1 saturated heterocycles. The first-order valence-corrected chi connectivity index (χ1v) is 24.1. The molecule has 0 saturated carbocycles. The Hall–Kier alpha value is -5.73. The fraction of sp³-hybridized carbons (Fsp3) is 0.561. The summed E-state index contributed by atoms with van der Waals surface area (Å²) in [4.78, 5) is 56.0. The van der Waals surface area contributed by atoms with Crippen LogP contribution in [0.15, 0.2) is 78.9 Å². The van der Waals surface area contributed by atoms with E-state index in [1.54, 1.807) is 0 Å². The van der Waals surface area contributed by atoms with Crippen molar-refractivity contribution in [2.75, 3.05) is 13.2 Å². The van der Waals surface area contributed by atoms with Crippen LogP contribution in [0.4, 0.5) is 0 Å². The largest absolute Gasteiger partial charge is 0.489 e. The van der Waals surface area contributed by atoms with Crippen LogP contribution >= 0.6 is 0 Å². The van der Waals surface area contributed by atoms with Gasteiger partial charge in [0.2, 0.25) is 18.3 Å². The molecule has 1 aliphatic heterocycles. The molecule has 0 spiro atoms. The fourth-order valence-corrected chi connectivity index (χ4v) is 7.36. The third-order valence-corrected chi connectivity index (χ3v) is 11.4. The third-order valence-electron chi connectivity index (χ3n) is 11.4. The monoisotopic (exact) mass is 987 g/mol. The van der Waals surface area contributed by atoms with Gasteiger partial charge in [-0.3, -0.25) is 23.9 Å². The molecule has 1 fully saturated rings. The molecule has 5 atom stereocenters. The van der Waals surface area contributed by atoms with Crippen molar-refractivity contribution in [2.24, 2.45) is 21.7 Å². The number of rotatable bonds is 19. The number of aryl methyl sites for hydroxylation is 2. The zero-order valence-corrected chi connectivity index (χ0v) is 43.5. The zero-order chi connectivity index (χ0) is 55.3. The second-order valence-corrected chi connectivity index (χ2v) is 21.4. The maximum absolute atomic E-state index is 14.2. The van der Waals surface area contributed by atoms with E-state index in [-0.39, 0.29) is 18.7 Å². The highest BCUT2D eigenvalue weighted by Gasteiger charge is 2.56. The minimum Gasteiger partial charge on any atom is -0.489 e. The van der Waals surface area contributed by atoms with Gasteiger partial charge in [-0.1, -0.05) is 80.6 Å². The number of aromatic nitrogens is 2. The van der Waals surface area contributed by atoms with Gasteiger partial charge in [0.1, 0.15) is 25.1 Å². The summed E-state index contributed by atoms with van der Waals surface area (Å²) in [7, 11) is 0. The molecule has 0 bridgehead atoms. The molecule has 71 heavy (non-hydrogen) atoms. The van der Waals surface area contributed by atoms with Gasteiger partial charge < -0.3 is 37.9 Å². The van der Waals surface area contributed by atoms with Crippen molar-refractivity contribution in [3.8, 4) is 11.6 Å². The summed E-state index contributed by atoms with van der Waals surface area (Å²) < 4.78 is 84.8. The minimum atomic E-state index is -1.74. The summed E-state index contributed by atoms with van der Waals surface area (Å²) in [5.41, 5.74) is -0.132. The van der Waals surface area contributed by atoms with Gasteiger partial charge in [0, 0.05) is 36.3 Å². The van der Waals surface area contributed by atoms with E-state index in [2.05, 4.69) is 0 Å². The molecular formula is C57H78N2O12.